The lowest BCUT2D eigenvalue weighted by Crippen LogP contribution is -2.27. The van der Waals surface area contributed by atoms with Crippen LogP contribution in [-0.2, 0) is 0 Å². The van der Waals surface area contributed by atoms with Gasteiger partial charge in [-0.3, -0.25) is 4.79 Å². The highest BCUT2D eigenvalue weighted by molar-refractivity contribution is 6.05. The van der Waals surface area contributed by atoms with Gasteiger partial charge in [-0.2, -0.15) is 4.39 Å². The minimum Gasteiger partial charge on any atom is -0.311 e. The molecule has 0 radical (unpaired) electrons. The van der Waals surface area contributed by atoms with Gasteiger partial charge in [-0.05, 0) is 36.4 Å². The van der Waals surface area contributed by atoms with Gasteiger partial charge in [0.1, 0.15) is 5.82 Å². The number of hydrogen-bond donors (Lipinski definition) is 0. The number of carbonyl (C=O) groups excluding carboxylic acids is 1. The lowest BCUT2D eigenvalue weighted by Gasteiger charge is -2.17. The molecular weight excluding hydrogens is 238 g/mol. The van der Waals surface area contributed by atoms with Gasteiger partial charge in [0.15, 0.2) is 0 Å². The van der Waals surface area contributed by atoms with E-state index in [0.717, 1.165) is 0 Å². The van der Waals surface area contributed by atoms with E-state index >= 15 is 0 Å². The number of halogens is 2. The molecule has 0 saturated heterocycles. The van der Waals surface area contributed by atoms with E-state index in [0.29, 0.717) is 5.69 Å². The molecule has 0 aliphatic heterocycles. The summed E-state index contributed by atoms with van der Waals surface area (Å²) in [6, 6.07) is 8.19. The number of amides is 1. The lowest BCUT2D eigenvalue weighted by atomic mass is 10.2. The van der Waals surface area contributed by atoms with E-state index in [-0.39, 0.29) is 5.56 Å². The van der Waals surface area contributed by atoms with Crippen LogP contribution in [-0.4, -0.2) is 17.9 Å². The Balaban J connectivity index is 2.29. The molecule has 0 atom stereocenters. The maximum Gasteiger partial charge on any atom is 0.262 e. The van der Waals surface area contributed by atoms with Gasteiger partial charge in [0, 0.05) is 18.9 Å². The summed E-state index contributed by atoms with van der Waals surface area (Å²) in [4.78, 5) is 16.7. The highest BCUT2D eigenvalue weighted by Crippen LogP contribution is 2.16. The number of hydrogen-bond acceptors (Lipinski definition) is 2. The van der Waals surface area contributed by atoms with Gasteiger partial charge >= 0.3 is 0 Å². The number of pyridine rings is 1. The fourth-order valence-electron chi connectivity index (χ4n) is 1.51. The summed E-state index contributed by atoms with van der Waals surface area (Å²) < 4.78 is 26.1. The minimum absolute atomic E-state index is 0.121. The molecule has 0 fully saturated rings. The van der Waals surface area contributed by atoms with Crippen molar-refractivity contribution in [1.29, 1.82) is 0 Å². The third-order valence-electron chi connectivity index (χ3n) is 2.51. The van der Waals surface area contributed by atoms with Gasteiger partial charge in [0.25, 0.3) is 5.91 Å². The molecule has 2 rings (SSSR count). The molecular formula is C13H10F2N2O. The quantitative estimate of drug-likeness (QED) is 0.765. The van der Waals surface area contributed by atoms with E-state index in [1.165, 1.54) is 54.5 Å². The summed E-state index contributed by atoms with van der Waals surface area (Å²) >= 11 is 0. The second-order valence-corrected chi connectivity index (χ2v) is 3.68. The first-order valence-electron chi connectivity index (χ1n) is 5.24. The summed E-state index contributed by atoms with van der Waals surface area (Å²) in [7, 11) is 1.49. The average molecular weight is 248 g/mol. The van der Waals surface area contributed by atoms with Gasteiger partial charge in [0.2, 0.25) is 5.95 Å². The zero-order valence-electron chi connectivity index (χ0n) is 9.60. The second kappa shape index (κ2) is 4.91. The summed E-state index contributed by atoms with van der Waals surface area (Å²) in [5, 5.41) is 0. The molecule has 92 valence electrons. The maximum absolute atomic E-state index is 13.4. The molecule has 0 spiro atoms. The van der Waals surface area contributed by atoms with Gasteiger partial charge in [-0.25, -0.2) is 9.37 Å². The summed E-state index contributed by atoms with van der Waals surface area (Å²) in [6.45, 7) is 0. The van der Waals surface area contributed by atoms with Gasteiger partial charge in [-0.15, -0.1) is 0 Å². The zero-order chi connectivity index (χ0) is 13.1. The summed E-state index contributed by atoms with van der Waals surface area (Å²) in [6.07, 6.45) is 1.27. The number of carbonyl (C=O) groups is 1. The van der Waals surface area contributed by atoms with E-state index in [9.17, 15) is 13.6 Å². The molecule has 0 bridgehead atoms. The molecule has 0 N–H and O–H groups in total. The van der Waals surface area contributed by atoms with Crippen molar-refractivity contribution in [2.24, 2.45) is 0 Å². The number of benzene rings is 1. The van der Waals surface area contributed by atoms with E-state index in [1.54, 1.807) is 0 Å². The van der Waals surface area contributed by atoms with Crippen LogP contribution < -0.4 is 4.90 Å². The highest BCUT2D eigenvalue weighted by atomic mass is 19.1. The Hall–Kier alpha value is -2.30. The Morgan fingerprint density at radius 2 is 1.83 bits per heavy atom. The second-order valence-electron chi connectivity index (χ2n) is 3.68. The van der Waals surface area contributed by atoms with Gasteiger partial charge < -0.3 is 4.90 Å². The molecule has 1 heterocycles. The molecule has 0 unspecified atom stereocenters. The third-order valence-corrected chi connectivity index (χ3v) is 2.51. The Labute approximate surface area is 103 Å². The fraction of sp³-hybridized carbons (Fsp3) is 0.0769. The predicted octanol–water partition coefficient (Wildman–Crippen LogP) is 2.64. The van der Waals surface area contributed by atoms with Crippen LogP contribution in [0.15, 0.2) is 42.6 Å². The molecule has 1 aromatic heterocycles. The normalized spacial score (nSPS) is 10.2. The molecule has 0 aliphatic carbocycles. The standard InChI is InChI=1S/C13H10F2N2O/c1-17(10-6-4-9(14)5-7-10)13(18)11-3-2-8-16-12(11)15/h2-8H,1H3. The number of nitrogens with zero attached hydrogens (tertiary/aromatic N) is 2. The maximum atomic E-state index is 13.4. The third kappa shape index (κ3) is 2.34. The van der Waals surface area contributed by atoms with Gasteiger partial charge in [-0.1, -0.05) is 0 Å². The Bertz CT molecular complexity index is 569. The van der Waals surface area contributed by atoms with Crippen LogP contribution in [0.1, 0.15) is 10.4 Å². The highest BCUT2D eigenvalue weighted by Gasteiger charge is 2.17. The van der Waals surface area contributed by atoms with Crippen molar-refractivity contribution < 1.29 is 13.6 Å². The van der Waals surface area contributed by atoms with Crippen molar-refractivity contribution in [3.63, 3.8) is 0 Å². The molecule has 0 aliphatic rings. The Kier molecular flexibility index (Phi) is 3.32. The van der Waals surface area contributed by atoms with Crippen LogP contribution >= 0.6 is 0 Å². The molecule has 0 saturated carbocycles. The number of aromatic nitrogens is 1. The summed E-state index contributed by atoms with van der Waals surface area (Å²) in [5.41, 5.74) is 0.356. The van der Waals surface area contributed by atoms with Crippen LogP contribution in [0.25, 0.3) is 0 Å². The van der Waals surface area contributed by atoms with Crippen LogP contribution in [0, 0.1) is 11.8 Å². The summed E-state index contributed by atoms with van der Waals surface area (Å²) in [5.74, 6) is -1.75. The first-order valence-corrected chi connectivity index (χ1v) is 5.24. The average Bonchev–Trinajstić information content (AvgIpc) is 2.38. The van der Waals surface area contributed by atoms with Crippen molar-refractivity contribution in [1.82, 2.24) is 4.98 Å². The Morgan fingerprint density at radius 1 is 1.17 bits per heavy atom. The van der Waals surface area contributed by atoms with Crippen LogP contribution in [0.2, 0.25) is 0 Å². The topological polar surface area (TPSA) is 33.2 Å². The van der Waals surface area contributed by atoms with Crippen LogP contribution in [0.3, 0.4) is 0 Å². The molecule has 18 heavy (non-hydrogen) atoms. The van der Waals surface area contributed by atoms with Gasteiger partial charge in [0.05, 0.1) is 5.56 Å². The first-order chi connectivity index (χ1) is 8.59. The van der Waals surface area contributed by atoms with E-state index in [4.69, 9.17) is 0 Å². The van der Waals surface area contributed by atoms with Crippen LogP contribution in [0.5, 0.6) is 0 Å². The molecule has 3 nitrogen and oxygen atoms in total. The molecule has 1 aromatic carbocycles. The van der Waals surface area contributed by atoms with Crippen LogP contribution in [0.4, 0.5) is 14.5 Å². The smallest absolute Gasteiger partial charge is 0.262 e. The van der Waals surface area contributed by atoms with Crippen molar-refractivity contribution in [2.75, 3.05) is 11.9 Å². The minimum atomic E-state index is -0.823. The van der Waals surface area contributed by atoms with Crippen molar-refractivity contribution in [2.45, 2.75) is 0 Å². The van der Waals surface area contributed by atoms with E-state index in [1.807, 2.05) is 0 Å². The van der Waals surface area contributed by atoms with E-state index < -0.39 is 17.7 Å². The van der Waals surface area contributed by atoms with Crippen molar-refractivity contribution >= 4 is 11.6 Å². The SMILES string of the molecule is CN(C(=O)c1cccnc1F)c1ccc(F)cc1. The van der Waals surface area contributed by atoms with Crippen molar-refractivity contribution in [3.8, 4) is 0 Å². The fourth-order valence-corrected chi connectivity index (χ4v) is 1.51. The first kappa shape index (κ1) is 12.2. The predicted molar refractivity (Wildman–Crippen MR) is 63.3 cm³/mol. The number of rotatable bonds is 2. The lowest BCUT2D eigenvalue weighted by molar-refractivity contribution is 0.0988. The number of anilines is 1. The molecule has 5 heteroatoms. The largest absolute Gasteiger partial charge is 0.311 e. The zero-order valence-corrected chi connectivity index (χ0v) is 9.60. The molecule has 1 amide bonds. The molecule has 2 aromatic rings. The van der Waals surface area contributed by atoms with Crippen molar-refractivity contribution in [3.05, 3.63) is 59.9 Å². The Morgan fingerprint density at radius 3 is 2.44 bits per heavy atom. The van der Waals surface area contributed by atoms with E-state index in [2.05, 4.69) is 4.98 Å². The monoisotopic (exact) mass is 248 g/mol.